The lowest BCUT2D eigenvalue weighted by atomic mass is 10.1. The molecule has 1 aromatic carbocycles. The van der Waals surface area contributed by atoms with Crippen molar-refractivity contribution >= 4 is 5.78 Å². The predicted molar refractivity (Wildman–Crippen MR) is 76.2 cm³/mol. The molecule has 0 aliphatic carbocycles. The molecule has 5 heteroatoms. The zero-order chi connectivity index (χ0) is 14.5. The summed E-state index contributed by atoms with van der Waals surface area (Å²) in [5.74, 6) is 1.75. The first-order valence-corrected chi connectivity index (χ1v) is 7.31. The molecule has 0 spiro atoms. The minimum Gasteiger partial charge on any atom is -0.381 e. The molecule has 0 bridgehead atoms. The molecule has 110 valence electrons. The van der Waals surface area contributed by atoms with Gasteiger partial charge in [0, 0.05) is 30.9 Å². The zero-order valence-corrected chi connectivity index (χ0v) is 11.8. The summed E-state index contributed by atoms with van der Waals surface area (Å²) in [5.41, 5.74) is 0.756. The smallest absolute Gasteiger partial charge is 0.226 e. The average Bonchev–Trinajstić information content (AvgIpc) is 3.19. The fraction of sp³-hybridized carbons (Fsp3) is 0.438. The molecule has 2 aromatic rings. The second-order valence-corrected chi connectivity index (χ2v) is 5.25. The van der Waals surface area contributed by atoms with Gasteiger partial charge in [0.05, 0.1) is 6.61 Å². The van der Waals surface area contributed by atoms with Gasteiger partial charge in [-0.1, -0.05) is 35.5 Å². The van der Waals surface area contributed by atoms with Crippen LogP contribution in [0.5, 0.6) is 0 Å². The third-order valence-electron chi connectivity index (χ3n) is 3.67. The van der Waals surface area contributed by atoms with Gasteiger partial charge in [-0.15, -0.1) is 0 Å². The van der Waals surface area contributed by atoms with E-state index in [-0.39, 0.29) is 11.7 Å². The number of carbonyl (C=O) groups is 1. The van der Waals surface area contributed by atoms with Crippen molar-refractivity contribution in [2.45, 2.75) is 31.6 Å². The summed E-state index contributed by atoms with van der Waals surface area (Å²) in [6.07, 6.45) is 2.80. The highest BCUT2D eigenvalue weighted by molar-refractivity contribution is 5.95. The van der Waals surface area contributed by atoms with Crippen molar-refractivity contribution in [3.05, 3.63) is 47.6 Å². The normalized spacial score (nSPS) is 18.0. The molecule has 5 nitrogen and oxygen atoms in total. The van der Waals surface area contributed by atoms with E-state index in [4.69, 9.17) is 9.26 Å². The molecule has 0 amide bonds. The maximum atomic E-state index is 12.0. The molecule has 1 aromatic heterocycles. The molecule has 0 radical (unpaired) electrons. The largest absolute Gasteiger partial charge is 0.381 e. The van der Waals surface area contributed by atoms with Crippen LogP contribution in [0.25, 0.3) is 0 Å². The molecule has 1 aliphatic rings. The molecule has 1 atom stereocenters. The van der Waals surface area contributed by atoms with Crippen LogP contribution in [-0.2, 0) is 11.2 Å². The number of aromatic nitrogens is 2. The molecule has 2 heterocycles. The molecule has 3 rings (SSSR count). The number of carbonyl (C=O) groups excluding carboxylic acids is 1. The van der Waals surface area contributed by atoms with Gasteiger partial charge >= 0.3 is 0 Å². The number of ketones is 1. The van der Waals surface area contributed by atoms with E-state index >= 15 is 0 Å². The Morgan fingerprint density at radius 2 is 2.14 bits per heavy atom. The first-order valence-electron chi connectivity index (χ1n) is 7.31. The second-order valence-electron chi connectivity index (χ2n) is 5.25. The summed E-state index contributed by atoms with van der Waals surface area (Å²) in [7, 11) is 0. The van der Waals surface area contributed by atoms with Gasteiger partial charge in [-0.2, -0.15) is 4.98 Å². The molecule has 1 saturated heterocycles. The number of hydrogen-bond acceptors (Lipinski definition) is 5. The summed E-state index contributed by atoms with van der Waals surface area (Å²) in [6, 6.07) is 9.34. The van der Waals surface area contributed by atoms with Crippen LogP contribution in [0.4, 0.5) is 0 Å². The van der Waals surface area contributed by atoms with E-state index in [9.17, 15) is 4.79 Å². The summed E-state index contributed by atoms with van der Waals surface area (Å²) >= 11 is 0. The van der Waals surface area contributed by atoms with Gasteiger partial charge in [0.15, 0.2) is 11.6 Å². The van der Waals surface area contributed by atoms with E-state index < -0.39 is 0 Å². The SMILES string of the molecule is O=C(CCCc1nc([C@H]2CCOC2)no1)c1ccccc1. The highest BCUT2D eigenvalue weighted by Crippen LogP contribution is 2.22. The molecular formula is C16H18N2O3. The Kier molecular flexibility index (Phi) is 4.40. The van der Waals surface area contributed by atoms with Crippen molar-refractivity contribution in [1.29, 1.82) is 0 Å². The Bertz CT molecular complexity index is 589. The zero-order valence-electron chi connectivity index (χ0n) is 11.8. The van der Waals surface area contributed by atoms with Crippen molar-refractivity contribution in [2.24, 2.45) is 0 Å². The predicted octanol–water partition coefficient (Wildman–Crippen LogP) is 2.78. The van der Waals surface area contributed by atoms with Crippen LogP contribution in [-0.4, -0.2) is 29.1 Å². The number of hydrogen-bond donors (Lipinski definition) is 0. The fourth-order valence-corrected chi connectivity index (χ4v) is 2.44. The van der Waals surface area contributed by atoms with Gasteiger partial charge in [0.25, 0.3) is 0 Å². The van der Waals surface area contributed by atoms with E-state index in [0.717, 1.165) is 30.8 Å². The molecule has 21 heavy (non-hydrogen) atoms. The Morgan fingerprint density at radius 1 is 1.29 bits per heavy atom. The Morgan fingerprint density at radius 3 is 2.90 bits per heavy atom. The minimum absolute atomic E-state index is 0.152. The van der Waals surface area contributed by atoms with E-state index in [1.165, 1.54) is 0 Å². The first-order chi connectivity index (χ1) is 10.3. The van der Waals surface area contributed by atoms with Crippen molar-refractivity contribution in [3.8, 4) is 0 Å². The number of Topliss-reactive ketones (excluding diaryl/α,β-unsaturated/α-hetero) is 1. The summed E-state index contributed by atoms with van der Waals surface area (Å²) in [4.78, 5) is 16.4. The number of benzene rings is 1. The van der Waals surface area contributed by atoms with Crippen LogP contribution in [0.2, 0.25) is 0 Å². The second kappa shape index (κ2) is 6.63. The molecule has 0 N–H and O–H groups in total. The lowest BCUT2D eigenvalue weighted by Gasteiger charge is -1.99. The van der Waals surface area contributed by atoms with Crippen LogP contribution in [0.3, 0.4) is 0 Å². The molecule has 0 saturated carbocycles. The molecule has 1 fully saturated rings. The third-order valence-corrected chi connectivity index (χ3v) is 3.67. The van der Waals surface area contributed by atoms with E-state index in [0.29, 0.717) is 25.3 Å². The number of ether oxygens (including phenoxy) is 1. The number of nitrogens with zero attached hydrogens (tertiary/aromatic N) is 2. The lowest BCUT2D eigenvalue weighted by molar-refractivity contribution is 0.0979. The summed E-state index contributed by atoms with van der Waals surface area (Å²) in [6.45, 7) is 1.44. The lowest BCUT2D eigenvalue weighted by Crippen LogP contribution is -2.01. The summed E-state index contributed by atoms with van der Waals surface area (Å²) in [5, 5.41) is 4.00. The summed E-state index contributed by atoms with van der Waals surface area (Å²) < 4.78 is 10.6. The number of aryl methyl sites for hydroxylation is 1. The number of rotatable bonds is 6. The van der Waals surface area contributed by atoms with Gasteiger partial charge in [-0.3, -0.25) is 4.79 Å². The molecule has 1 aliphatic heterocycles. The van der Waals surface area contributed by atoms with Crippen LogP contribution < -0.4 is 0 Å². The van der Waals surface area contributed by atoms with Gasteiger partial charge in [0.1, 0.15) is 0 Å². The molecule has 0 unspecified atom stereocenters. The van der Waals surface area contributed by atoms with Gasteiger partial charge in [-0.25, -0.2) is 0 Å². The van der Waals surface area contributed by atoms with Crippen molar-refractivity contribution in [3.63, 3.8) is 0 Å². The van der Waals surface area contributed by atoms with Crippen LogP contribution >= 0.6 is 0 Å². The third kappa shape index (κ3) is 3.55. The molecular weight excluding hydrogens is 268 g/mol. The fourth-order valence-electron chi connectivity index (χ4n) is 2.44. The Balaban J connectivity index is 1.48. The Hall–Kier alpha value is -2.01. The van der Waals surface area contributed by atoms with Gasteiger partial charge in [0.2, 0.25) is 5.89 Å². The highest BCUT2D eigenvalue weighted by Gasteiger charge is 2.22. The van der Waals surface area contributed by atoms with Gasteiger partial charge in [-0.05, 0) is 12.8 Å². The van der Waals surface area contributed by atoms with Crippen molar-refractivity contribution < 1.29 is 14.1 Å². The van der Waals surface area contributed by atoms with Crippen molar-refractivity contribution in [2.75, 3.05) is 13.2 Å². The average molecular weight is 286 g/mol. The van der Waals surface area contributed by atoms with Crippen LogP contribution in [0.15, 0.2) is 34.9 Å². The standard InChI is InChI=1S/C16H18N2O3/c19-14(12-5-2-1-3-6-12)7-4-8-15-17-16(18-21-15)13-9-10-20-11-13/h1-3,5-6,13H,4,7-11H2/t13-/m0/s1. The highest BCUT2D eigenvalue weighted by atomic mass is 16.5. The quantitative estimate of drug-likeness (QED) is 0.764. The maximum Gasteiger partial charge on any atom is 0.226 e. The monoisotopic (exact) mass is 286 g/mol. The van der Waals surface area contributed by atoms with Crippen LogP contribution in [0.1, 0.15) is 47.3 Å². The minimum atomic E-state index is 0.152. The van der Waals surface area contributed by atoms with E-state index in [1.807, 2.05) is 30.3 Å². The van der Waals surface area contributed by atoms with E-state index in [1.54, 1.807) is 0 Å². The topological polar surface area (TPSA) is 65.2 Å². The Labute approximate surface area is 123 Å². The van der Waals surface area contributed by atoms with E-state index in [2.05, 4.69) is 10.1 Å². The van der Waals surface area contributed by atoms with Crippen molar-refractivity contribution in [1.82, 2.24) is 10.1 Å². The van der Waals surface area contributed by atoms with Gasteiger partial charge < -0.3 is 9.26 Å². The first kappa shape index (κ1) is 13.9. The maximum absolute atomic E-state index is 12.0. The van der Waals surface area contributed by atoms with Crippen LogP contribution in [0, 0.1) is 0 Å².